The van der Waals surface area contributed by atoms with Crippen LogP contribution >= 0.6 is 0 Å². The van der Waals surface area contributed by atoms with E-state index in [4.69, 9.17) is 10.5 Å². The Balaban J connectivity index is 1.90. The van der Waals surface area contributed by atoms with Crippen molar-refractivity contribution < 1.29 is 4.74 Å². The summed E-state index contributed by atoms with van der Waals surface area (Å²) in [7, 11) is 1.79. The van der Waals surface area contributed by atoms with E-state index in [1.54, 1.807) is 7.11 Å². The summed E-state index contributed by atoms with van der Waals surface area (Å²) in [6.07, 6.45) is 4.18. The molecule has 3 nitrogen and oxygen atoms in total. The van der Waals surface area contributed by atoms with Crippen LogP contribution in [0.3, 0.4) is 0 Å². The van der Waals surface area contributed by atoms with Crippen molar-refractivity contribution in [2.45, 2.75) is 45.2 Å². The van der Waals surface area contributed by atoms with Crippen LogP contribution in [0.2, 0.25) is 0 Å². The van der Waals surface area contributed by atoms with Crippen molar-refractivity contribution in [2.75, 3.05) is 26.8 Å². The van der Waals surface area contributed by atoms with Crippen molar-refractivity contribution in [1.82, 2.24) is 4.90 Å². The van der Waals surface area contributed by atoms with E-state index in [1.165, 1.54) is 25.8 Å². The Labute approximate surface area is 106 Å². The van der Waals surface area contributed by atoms with E-state index in [9.17, 15) is 0 Å². The van der Waals surface area contributed by atoms with Crippen LogP contribution in [0.4, 0.5) is 0 Å². The average molecular weight is 240 g/mol. The molecule has 5 atom stereocenters. The average Bonchev–Trinajstić information content (AvgIpc) is 2.88. The van der Waals surface area contributed by atoms with Crippen LogP contribution < -0.4 is 5.73 Å². The molecule has 0 saturated heterocycles. The second-order valence-electron chi connectivity index (χ2n) is 5.97. The Bertz CT molecular complexity index is 244. The van der Waals surface area contributed by atoms with Crippen LogP contribution in [-0.4, -0.2) is 43.8 Å². The molecule has 100 valence electrons. The molecule has 0 aromatic heterocycles. The van der Waals surface area contributed by atoms with E-state index < -0.39 is 0 Å². The van der Waals surface area contributed by atoms with Gasteiger partial charge in [-0.2, -0.15) is 0 Å². The third-order valence-corrected chi connectivity index (χ3v) is 5.04. The van der Waals surface area contributed by atoms with E-state index in [0.717, 1.165) is 30.9 Å². The van der Waals surface area contributed by atoms with Crippen molar-refractivity contribution in [3.05, 3.63) is 0 Å². The lowest BCUT2D eigenvalue weighted by Gasteiger charge is -2.35. The Hall–Kier alpha value is -0.120. The molecule has 0 spiro atoms. The number of nitrogens with two attached hydrogens (primary N) is 1. The van der Waals surface area contributed by atoms with Gasteiger partial charge in [0, 0.05) is 25.7 Å². The number of methoxy groups -OCH3 is 1. The van der Waals surface area contributed by atoms with E-state index in [1.807, 2.05) is 0 Å². The number of likely N-dealkylation sites (N-methyl/N-ethyl adjacent to an activating group) is 1. The fraction of sp³-hybridized carbons (Fsp3) is 1.00. The molecule has 2 bridgehead atoms. The first-order valence-electron chi connectivity index (χ1n) is 7.15. The zero-order valence-electron chi connectivity index (χ0n) is 11.6. The molecule has 2 saturated carbocycles. The number of nitrogens with zero attached hydrogens (tertiary/aromatic N) is 1. The molecular weight excluding hydrogens is 212 g/mol. The molecule has 2 fully saturated rings. The normalized spacial score (nSPS) is 37.9. The summed E-state index contributed by atoms with van der Waals surface area (Å²) >= 11 is 0. The zero-order valence-corrected chi connectivity index (χ0v) is 11.6. The van der Waals surface area contributed by atoms with Gasteiger partial charge in [-0.1, -0.05) is 6.92 Å². The maximum atomic E-state index is 6.38. The molecule has 3 heteroatoms. The van der Waals surface area contributed by atoms with Gasteiger partial charge in [0.25, 0.3) is 0 Å². The highest BCUT2D eigenvalue weighted by Crippen LogP contribution is 2.47. The summed E-state index contributed by atoms with van der Waals surface area (Å²) in [5, 5.41) is 0. The highest BCUT2D eigenvalue weighted by atomic mass is 16.5. The molecule has 0 aromatic carbocycles. The standard InChI is InChI=1S/C14H28N2O/c1-4-16(10(2)9-17-3)8-13-11-5-6-12(7-11)14(13)15/h10-14H,4-9,15H2,1-3H3. The topological polar surface area (TPSA) is 38.5 Å². The molecule has 2 N–H and O–H groups in total. The van der Waals surface area contributed by atoms with Gasteiger partial charge in [0.15, 0.2) is 0 Å². The second kappa shape index (κ2) is 5.68. The van der Waals surface area contributed by atoms with Gasteiger partial charge in [-0.3, -0.25) is 4.90 Å². The van der Waals surface area contributed by atoms with Crippen molar-refractivity contribution >= 4 is 0 Å². The minimum Gasteiger partial charge on any atom is -0.383 e. The second-order valence-corrected chi connectivity index (χ2v) is 5.97. The van der Waals surface area contributed by atoms with Gasteiger partial charge in [0.1, 0.15) is 0 Å². The fourth-order valence-corrected chi connectivity index (χ4v) is 3.96. The van der Waals surface area contributed by atoms with E-state index in [-0.39, 0.29) is 0 Å². The number of ether oxygens (including phenoxy) is 1. The van der Waals surface area contributed by atoms with E-state index in [2.05, 4.69) is 18.7 Å². The molecule has 0 aromatic rings. The van der Waals surface area contributed by atoms with Crippen LogP contribution in [-0.2, 0) is 4.74 Å². The summed E-state index contributed by atoms with van der Waals surface area (Å²) in [4.78, 5) is 2.54. The Kier molecular flexibility index (Phi) is 4.45. The minimum atomic E-state index is 0.456. The third kappa shape index (κ3) is 2.67. The third-order valence-electron chi connectivity index (χ3n) is 5.04. The first-order chi connectivity index (χ1) is 8.17. The lowest BCUT2D eigenvalue weighted by Crippen LogP contribution is -2.46. The number of hydrogen-bond donors (Lipinski definition) is 1. The predicted octanol–water partition coefficient (Wildman–Crippen LogP) is 1.72. The van der Waals surface area contributed by atoms with Crippen LogP contribution in [0.25, 0.3) is 0 Å². The van der Waals surface area contributed by atoms with Crippen molar-refractivity contribution in [1.29, 1.82) is 0 Å². The number of hydrogen-bond acceptors (Lipinski definition) is 3. The molecule has 5 unspecified atom stereocenters. The van der Waals surface area contributed by atoms with Crippen molar-refractivity contribution in [2.24, 2.45) is 23.5 Å². The highest BCUT2D eigenvalue weighted by molar-refractivity contribution is 5.00. The van der Waals surface area contributed by atoms with E-state index >= 15 is 0 Å². The van der Waals surface area contributed by atoms with E-state index in [0.29, 0.717) is 12.1 Å². The lowest BCUT2D eigenvalue weighted by atomic mass is 9.84. The quantitative estimate of drug-likeness (QED) is 0.768. The van der Waals surface area contributed by atoms with Crippen LogP contribution in [0, 0.1) is 17.8 Å². The lowest BCUT2D eigenvalue weighted by molar-refractivity contribution is 0.0793. The maximum absolute atomic E-state index is 6.38. The Morgan fingerprint density at radius 3 is 2.59 bits per heavy atom. The van der Waals surface area contributed by atoms with Gasteiger partial charge >= 0.3 is 0 Å². The molecule has 0 heterocycles. The van der Waals surface area contributed by atoms with Gasteiger partial charge in [-0.15, -0.1) is 0 Å². The van der Waals surface area contributed by atoms with Gasteiger partial charge in [-0.05, 0) is 50.5 Å². The van der Waals surface area contributed by atoms with Gasteiger partial charge in [0.05, 0.1) is 6.61 Å². The summed E-state index contributed by atoms with van der Waals surface area (Å²) in [5.74, 6) is 2.45. The molecular formula is C14H28N2O. The maximum Gasteiger partial charge on any atom is 0.0615 e. The number of rotatable bonds is 6. The van der Waals surface area contributed by atoms with Crippen LogP contribution in [0.15, 0.2) is 0 Å². The largest absolute Gasteiger partial charge is 0.383 e. The molecule has 2 aliphatic carbocycles. The smallest absolute Gasteiger partial charge is 0.0615 e. The van der Waals surface area contributed by atoms with Crippen LogP contribution in [0.5, 0.6) is 0 Å². The zero-order chi connectivity index (χ0) is 12.4. The van der Waals surface area contributed by atoms with Gasteiger partial charge < -0.3 is 10.5 Å². The Morgan fingerprint density at radius 1 is 1.35 bits per heavy atom. The summed E-state index contributed by atoms with van der Waals surface area (Å²) in [6.45, 7) is 7.59. The molecule has 17 heavy (non-hydrogen) atoms. The number of fused-ring (bicyclic) bond motifs is 2. The predicted molar refractivity (Wildman–Crippen MR) is 70.9 cm³/mol. The molecule has 2 aliphatic rings. The molecule has 0 radical (unpaired) electrons. The fourth-order valence-electron chi connectivity index (χ4n) is 3.96. The first-order valence-corrected chi connectivity index (χ1v) is 7.15. The summed E-state index contributed by atoms with van der Waals surface area (Å²) < 4.78 is 5.27. The summed E-state index contributed by atoms with van der Waals surface area (Å²) in [6, 6.07) is 0.967. The molecule has 0 amide bonds. The van der Waals surface area contributed by atoms with Gasteiger partial charge in [-0.25, -0.2) is 0 Å². The van der Waals surface area contributed by atoms with Crippen molar-refractivity contribution in [3.8, 4) is 0 Å². The Morgan fingerprint density at radius 2 is 2.06 bits per heavy atom. The SMILES string of the molecule is CCN(CC1C2CCC(C2)C1N)C(C)COC. The van der Waals surface area contributed by atoms with Crippen molar-refractivity contribution in [3.63, 3.8) is 0 Å². The summed E-state index contributed by atoms with van der Waals surface area (Å²) in [5.41, 5.74) is 6.38. The highest BCUT2D eigenvalue weighted by Gasteiger charge is 2.46. The van der Waals surface area contributed by atoms with Gasteiger partial charge in [0.2, 0.25) is 0 Å². The molecule has 0 aliphatic heterocycles. The monoisotopic (exact) mass is 240 g/mol. The first kappa shape index (κ1) is 13.3. The minimum absolute atomic E-state index is 0.456. The molecule has 2 rings (SSSR count). The van der Waals surface area contributed by atoms with Crippen LogP contribution in [0.1, 0.15) is 33.1 Å².